The van der Waals surface area contributed by atoms with Gasteiger partial charge < -0.3 is 24.8 Å². The van der Waals surface area contributed by atoms with Crippen LogP contribution >= 0.6 is 0 Å². The van der Waals surface area contributed by atoms with Crippen molar-refractivity contribution in [3.63, 3.8) is 0 Å². The summed E-state index contributed by atoms with van der Waals surface area (Å²) in [6.07, 6.45) is 2.66. The van der Waals surface area contributed by atoms with Crippen LogP contribution in [-0.2, 0) is 22.5 Å². The molecule has 1 aliphatic heterocycles. The molecule has 0 saturated heterocycles. The number of nitrogens with zero attached hydrogens (tertiary/aromatic N) is 2. The lowest BCUT2D eigenvalue weighted by atomic mass is 10.0. The number of nitrogens with one attached hydrogen (secondary N) is 1. The molecule has 3 aromatic rings. The second-order valence-electron chi connectivity index (χ2n) is 12.4. The largest absolute Gasteiger partial charge is 0.490 e. The third kappa shape index (κ3) is 10.4. The van der Waals surface area contributed by atoms with E-state index >= 15 is 0 Å². The van der Waals surface area contributed by atoms with Crippen molar-refractivity contribution in [1.82, 2.24) is 9.80 Å². The molecule has 4 rings (SSSR count). The Morgan fingerprint density at radius 3 is 2.40 bits per heavy atom. The van der Waals surface area contributed by atoms with Crippen LogP contribution in [0.15, 0.2) is 78.9 Å². The highest BCUT2D eigenvalue weighted by atomic mass is 16.5. The molecular weight excluding hydrogens is 566 g/mol. The average molecular weight is 616 g/mol. The fourth-order valence-corrected chi connectivity index (χ4v) is 5.72. The molecule has 0 bridgehead atoms. The van der Waals surface area contributed by atoms with Crippen LogP contribution in [0.1, 0.15) is 61.5 Å². The minimum absolute atomic E-state index is 0.0128. The van der Waals surface area contributed by atoms with Crippen molar-refractivity contribution in [2.24, 2.45) is 5.92 Å². The summed E-state index contributed by atoms with van der Waals surface area (Å²) >= 11 is 0. The second-order valence-corrected chi connectivity index (χ2v) is 12.4. The number of amides is 2. The fraction of sp³-hybridized carbons (Fsp3) is 0.459. The van der Waals surface area contributed by atoms with E-state index in [9.17, 15) is 14.7 Å². The molecule has 0 radical (unpaired) electrons. The quantitative estimate of drug-likeness (QED) is 0.317. The summed E-state index contributed by atoms with van der Waals surface area (Å²) in [6, 6.07) is 24.7. The summed E-state index contributed by atoms with van der Waals surface area (Å²) < 4.78 is 12.8. The number of carbonyl (C=O) groups excluding carboxylic acids is 2. The molecule has 0 saturated carbocycles. The number of aliphatic hydroxyl groups is 1. The standard InChI is InChI=1S/C37H49N3O5/c1-27-23-40(28(2)26-41)37(43)33-22-32(38-36(42)21-30-14-7-5-8-15-30)18-19-34(33)45-29(3)13-11-12-20-44-35(27)25-39(4)24-31-16-9-6-10-17-31/h5-10,14-19,22,27-29,35,41H,11-13,20-21,23-26H2,1-4H3,(H,38,42)/t27-,28-,29-,35-/m1/s1. The number of hydrogen-bond acceptors (Lipinski definition) is 6. The molecule has 4 atom stereocenters. The highest BCUT2D eigenvalue weighted by molar-refractivity contribution is 6.00. The van der Waals surface area contributed by atoms with Crippen LogP contribution in [-0.4, -0.2) is 78.3 Å². The van der Waals surface area contributed by atoms with Gasteiger partial charge in [-0.25, -0.2) is 0 Å². The van der Waals surface area contributed by atoms with Crippen molar-refractivity contribution in [2.45, 2.75) is 71.2 Å². The van der Waals surface area contributed by atoms with Crippen LogP contribution in [0.3, 0.4) is 0 Å². The zero-order valence-electron chi connectivity index (χ0n) is 27.2. The molecule has 45 heavy (non-hydrogen) atoms. The first-order chi connectivity index (χ1) is 21.7. The fourth-order valence-electron chi connectivity index (χ4n) is 5.72. The molecule has 1 aliphatic rings. The second kappa shape index (κ2) is 17.1. The molecule has 8 heteroatoms. The van der Waals surface area contributed by atoms with E-state index in [0.717, 1.165) is 31.4 Å². The third-order valence-corrected chi connectivity index (χ3v) is 8.33. The molecule has 0 unspecified atom stereocenters. The van der Waals surface area contributed by atoms with Crippen LogP contribution < -0.4 is 10.1 Å². The zero-order valence-corrected chi connectivity index (χ0v) is 27.2. The van der Waals surface area contributed by atoms with E-state index in [2.05, 4.69) is 36.3 Å². The highest BCUT2D eigenvalue weighted by Gasteiger charge is 2.30. The van der Waals surface area contributed by atoms with Gasteiger partial charge >= 0.3 is 0 Å². The predicted octanol–water partition coefficient (Wildman–Crippen LogP) is 5.80. The van der Waals surface area contributed by atoms with Crippen LogP contribution in [0, 0.1) is 5.92 Å². The summed E-state index contributed by atoms with van der Waals surface area (Å²) in [4.78, 5) is 31.2. The van der Waals surface area contributed by atoms with Crippen LogP contribution in [0.5, 0.6) is 5.75 Å². The van der Waals surface area contributed by atoms with Crippen molar-refractivity contribution < 1.29 is 24.2 Å². The maximum Gasteiger partial charge on any atom is 0.258 e. The number of hydrogen-bond donors (Lipinski definition) is 2. The van der Waals surface area contributed by atoms with Crippen molar-refractivity contribution in [3.05, 3.63) is 95.6 Å². The number of benzene rings is 3. The number of rotatable bonds is 9. The number of aliphatic hydroxyl groups excluding tert-OH is 1. The van der Waals surface area contributed by atoms with Gasteiger partial charge in [-0.05, 0) is 69.5 Å². The van der Waals surface area contributed by atoms with Gasteiger partial charge in [0.05, 0.1) is 36.8 Å². The first-order valence-corrected chi connectivity index (χ1v) is 16.1. The summed E-state index contributed by atoms with van der Waals surface area (Å²) in [5.74, 6) is 0.0424. The molecule has 2 amide bonds. The minimum atomic E-state index is -0.433. The van der Waals surface area contributed by atoms with Crippen molar-refractivity contribution >= 4 is 17.5 Å². The van der Waals surface area contributed by atoms with Crippen molar-refractivity contribution in [3.8, 4) is 5.75 Å². The van der Waals surface area contributed by atoms with Crippen molar-refractivity contribution in [2.75, 3.05) is 38.7 Å². The SMILES string of the molecule is C[C@@H]1CCCCO[C@H](CN(C)Cc2ccccc2)[C@H](C)CN([C@H](C)CO)C(=O)c2cc(NC(=O)Cc3ccccc3)ccc2O1. The van der Waals surface area contributed by atoms with Gasteiger partial charge in [0, 0.05) is 37.8 Å². The Morgan fingerprint density at radius 1 is 1.02 bits per heavy atom. The molecule has 2 N–H and O–H groups in total. The normalized spacial score (nSPS) is 20.5. The van der Waals surface area contributed by atoms with Gasteiger partial charge in [-0.15, -0.1) is 0 Å². The number of likely N-dealkylation sites (N-methyl/N-ethyl adjacent to an activating group) is 1. The minimum Gasteiger partial charge on any atom is -0.490 e. The monoisotopic (exact) mass is 615 g/mol. The highest BCUT2D eigenvalue weighted by Crippen LogP contribution is 2.28. The van der Waals surface area contributed by atoms with Crippen LogP contribution in [0.4, 0.5) is 5.69 Å². The Labute approximate surface area is 268 Å². The Morgan fingerprint density at radius 2 is 1.71 bits per heavy atom. The van der Waals surface area contributed by atoms with E-state index in [1.54, 1.807) is 23.1 Å². The molecule has 0 spiro atoms. The van der Waals surface area contributed by atoms with Gasteiger partial charge in [-0.3, -0.25) is 14.5 Å². The van der Waals surface area contributed by atoms with E-state index < -0.39 is 6.04 Å². The molecule has 3 aromatic carbocycles. The first kappa shape index (κ1) is 34.2. The Hall–Kier alpha value is -3.72. The van der Waals surface area contributed by atoms with E-state index in [4.69, 9.17) is 9.47 Å². The lowest BCUT2D eigenvalue weighted by Crippen LogP contribution is -2.47. The summed E-state index contributed by atoms with van der Waals surface area (Å²) in [5, 5.41) is 13.2. The van der Waals surface area contributed by atoms with Crippen LogP contribution in [0.25, 0.3) is 0 Å². The topological polar surface area (TPSA) is 91.3 Å². The molecule has 1 heterocycles. The van der Waals surface area contributed by atoms with Gasteiger partial charge in [-0.2, -0.15) is 0 Å². The maximum absolute atomic E-state index is 14.3. The van der Waals surface area contributed by atoms with Gasteiger partial charge in [0.15, 0.2) is 0 Å². The number of ether oxygens (including phenoxy) is 2. The molecule has 0 aliphatic carbocycles. The predicted molar refractivity (Wildman–Crippen MR) is 178 cm³/mol. The summed E-state index contributed by atoms with van der Waals surface area (Å²) in [5.41, 5.74) is 3.03. The molecule has 0 aromatic heterocycles. The van der Waals surface area contributed by atoms with Gasteiger partial charge in [0.2, 0.25) is 5.91 Å². The van der Waals surface area contributed by atoms with E-state index in [1.165, 1.54) is 5.56 Å². The first-order valence-electron chi connectivity index (χ1n) is 16.1. The molecule has 8 nitrogen and oxygen atoms in total. The van der Waals surface area contributed by atoms with Crippen molar-refractivity contribution in [1.29, 1.82) is 0 Å². The lowest BCUT2D eigenvalue weighted by molar-refractivity contribution is -0.115. The van der Waals surface area contributed by atoms with Crippen LogP contribution in [0.2, 0.25) is 0 Å². The van der Waals surface area contributed by atoms with Gasteiger partial charge in [0.25, 0.3) is 5.91 Å². The Balaban J connectivity index is 1.59. The van der Waals surface area contributed by atoms with E-state index in [0.29, 0.717) is 36.7 Å². The van der Waals surface area contributed by atoms with E-state index in [-0.39, 0.29) is 43.0 Å². The number of carbonyl (C=O) groups is 2. The summed E-state index contributed by atoms with van der Waals surface area (Å²) in [7, 11) is 2.09. The molecular formula is C37H49N3O5. The Kier molecular flexibility index (Phi) is 13.0. The third-order valence-electron chi connectivity index (χ3n) is 8.33. The molecule has 242 valence electrons. The average Bonchev–Trinajstić information content (AvgIpc) is 3.03. The maximum atomic E-state index is 14.3. The number of anilines is 1. The van der Waals surface area contributed by atoms with Gasteiger partial charge in [0.1, 0.15) is 5.75 Å². The van der Waals surface area contributed by atoms with Gasteiger partial charge in [-0.1, -0.05) is 67.6 Å². The lowest BCUT2D eigenvalue weighted by Gasteiger charge is -2.36. The number of fused-ring (bicyclic) bond motifs is 1. The smallest absolute Gasteiger partial charge is 0.258 e. The molecule has 0 fully saturated rings. The van der Waals surface area contributed by atoms with E-state index in [1.807, 2.05) is 62.4 Å². The zero-order chi connectivity index (χ0) is 32.2. The Bertz CT molecular complexity index is 1350. The summed E-state index contributed by atoms with van der Waals surface area (Å²) in [6.45, 7) is 8.31.